The Morgan fingerprint density at radius 2 is 1.53 bits per heavy atom. The van der Waals surface area contributed by atoms with Gasteiger partial charge in [0, 0.05) is 4.43 Å². The number of para-hydroxylation sites is 1. The first-order valence-electron chi connectivity index (χ1n) is 12.2. The van der Waals surface area contributed by atoms with Crippen LogP contribution in [0.4, 0.5) is 0 Å². The molecule has 0 radical (unpaired) electrons. The Bertz CT molecular complexity index is 1260. The lowest BCUT2D eigenvalue weighted by Gasteiger charge is -2.44. The largest absolute Gasteiger partial charge is 0.484 e. The van der Waals surface area contributed by atoms with Gasteiger partial charge in [-0.1, -0.05) is 101 Å². The van der Waals surface area contributed by atoms with Crippen molar-refractivity contribution in [3.63, 3.8) is 0 Å². The van der Waals surface area contributed by atoms with Crippen LogP contribution < -0.4 is 10.1 Å². The Hall–Kier alpha value is -3.05. The summed E-state index contributed by atoms with van der Waals surface area (Å²) in [6.45, 7) is 1.77. The number of ether oxygens (including phenoxy) is 2. The molecule has 3 aromatic carbocycles. The van der Waals surface area contributed by atoms with Crippen molar-refractivity contribution in [3.05, 3.63) is 102 Å². The van der Waals surface area contributed by atoms with Crippen LogP contribution in [0.2, 0.25) is 0 Å². The third-order valence-corrected chi connectivity index (χ3v) is 10.4. The van der Waals surface area contributed by atoms with E-state index in [1.165, 1.54) is 11.8 Å². The third-order valence-electron chi connectivity index (χ3n) is 6.68. The van der Waals surface area contributed by atoms with E-state index in [-0.39, 0.29) is 23.8 Å². The maximum Gasteiger partial charge on any atom is 0.331 e. The minimum atomic E-state index is -0.773. The standard InChI is InChI=1S/C29H27IN2O5S/c1-29(18-30)25(28(35)37-24(19-11-5-2-6-12-19)20-13-7-3-8-14-20)32-26(34)23(27(32)38-29)31-22(33)17-36-21-15-9-4-10-16-21/h2-16,23-25,27H,17-18H2,1H3,(H,31,33)/t23?,25?,27-,29?/m0/s1. The summed E-state index contributed by atoms with van der Waals surface area (Å²) in [5.74, 6) is -0.557. The van der Waals surface area contributed by atoms with Crippen molar-refractivity contribution in [1.82, 2.24) is 10.2 Å². The number of carbonyl (C=O) groups is 3. The summed E-state index contributed by atoms with van der Waals surface area (Å²) >= 11 is 3.77. The van der Waals surface area contributed by atoms with Crippen molar-refractivity contribution in [3.8, 4) is 5.75 Å². The van der Waals surface area contributed by atoms with E-state index in [0.717, 1.165) is 11.1 Å². The number of nitrogens with zero attached hydrogens (tertiary/aromatic N) is 1. The summed E-state index contributed by atoms with van der Waals surface area (Å²) in [7, 11) is 0. The minimum absolute atomic E-state index is 0.198. The quantitative estimate of drug-likeness (QED) is 0.162. The zero-order valence-corrected chi connectivity index (χ0v) is 23.6. The predicted octanol–water partition coefficient (Wildman–Crippen LogP) is 4.36. The second kappa shape index (κ2) is 11.4. The van der Waals surface area contributed by atoms with E-state index in [2.05, 4.69) is 27.9 Å². The maximum atomic E-state index is 13.8. The number of carbonyl (C=O) groups excluding carboxylic acids is 3. The highest BCUT2D eigenvalue weighted by Gasteiger charge is 2.65. The van der Waals surface area contributed by atoms with Gasteiger partial charge in [-0.25, -0.2) is 4.79 Å². The first-order valence-corrected chi connectivity index (χ1v) is 14.7. The van der Waals surface area contributed by atoms with E-state index in [1.54, 1.807) is 17.0 Å². The lowest BCUT2D eigenvalue weighted by Crippen LogP contribution is -2.71. The van der Waals surface area contributed by atoms with Crippen LogP contribution >= 0.6 is 34.4 Å². The van der Waals surface area contributed by atoms with Gasteiger partial charge >= 0.3 is 5.97 Å². The van der Waals surface area contributed by atoms with Gasteiger partial charge in [0.25, 0.3) is 5.91 Å². The lowest BCUT2D eigenvalue weighted by atomic mass is 9.95. The van der Waals surface area contributed by atoms with E-state index in [4.69, 9.17) is 9.47 Å². The van der Waals surface area contributed by atoms with Gasteiger partial charge < -0.3 is 19.7 Å². The highest BCUT2D eigenvalue weighted by Crippen LogP contribution is 2.52. The molecule has 3 aromatic rings. The molecule has 0 aromatic heterocycles. The number of alkyl halides is 1. The molecule has 7 nitrogen and oxygen atoms in total. The molecule has 38 heavy (non-hydrogen) atoms. The van der Waals surface area contributed by atoms with Crippen LogP contribution in [-0.2, 0) is 19.1 Å². The highest BCUT2D eigenvalue weighted by atomic mass is 127. The van der Waals surface area contributed by atoms with Crippen LogP contribution in [0.3, 0.4) is 0 Å². The maximum absolute atomic E-state index is 13.8. The number of halogens is 1. The fraction of sp³-hybridized carbons (Fsp3) is 0.276. The number of fused-ring (bicyclic) bond motifs is 1. The number of thioether (sulfide) groups is 1. The van der Waals surface area contributed by atoms with Gasteiger partial charge in [-0.05, 0) is 30.2 Å². The van der Waals surface area contributed by atoms with Crippen molar-refractivity contribution in [2.75, 3.05) is 11.0 Å². The second-order valence-electron chi connectivity index (χ2n) is 9.39. The first kappa shape index (κ1) is 26.6. The average Bonchev–Trinajstić information content (AvgIpc) is 3.25. The van der Waals surface area contributed by atoms with Crippen molar-refractivity contribution in [2.45, 2.75) is 35.2 Å². The van der Waals surface area contributed by atoms with Crippen molar-refractivity contribution < 1.29 is 23.9 Å². The summed E-state index contributed by atoms with van der Waals surface area (Å²) in [5.41, 5.74) is 1.70. The molecule has 0 aliphatic carbocycles. The molecule has 2 saturated heterocycles. The van der Waals surface area contributed by atoms with Crippen LogP contribution in [0.15, 0.2) is 91.0 Å². The minimum Gasteiger partial charge on any atom is -0.484 e. The fourth-order valence-electron chi connectivity index (χ4n) is 4.77. The van der Waals surface area contributed by atoms with Crippen LogP contribution in [0.1, 0.15) is 24.2 Å². The molecule has 2 amide bonds. The smallest absolute Gasteiger partial charge is 0.331 e. The summed E-state index contributed by atoms with van der Waals surface area (Å²) < 4.78 is 11.7. The predicted molar refractivity (Wildman–Crippen MR) is 154 cm³/mol. The van der Waals surface area contributed by atoms with Gasteiger partial charge in [-0.2, -0.15) is 0 Å². The van der Waals surface area contributed by atoms with E-state index >= 15 is 0 Å². The Balaban J connectivity index is 1.30. The molecule has 196 valence electrons. The Morgan fingerprint density at radius 1 is 0.974 bits per heavy atom. The number of hydrogen-bond donors (Lipinski definition) is 1. The summed E-state index contributed by atoms with van der Waals surface area (Å²) in [5, 5.41) is 2.44. The number of esters is 1. The molecule has 0 bridgehead atoms. The van der Waals surface area contributed by atoms with Gasteiger partial charge in [0.2, 0.25) is 5.91 Å². The molecule has 1 N–H and O–H groups in total. The number of rotatable bonds is 9. The first-order chi connectivity index (χ1) is 18.4. The zero-order chi connectivity index (χ0) is 26.7. The van der Waals surface area contributed by atoms with Crippen molar-refractivity contribution >= 4 is 52.1 Å². The Labute approximate surface area is 239 Å². The second-order valence-corrected chi connectivity index (χ2v) is 11.8. The molecule has 2 fully saturated rings. The molecular formula is C29H27IN2O5S. The summed E-state index contributed by atoms with van der Waals surface area (Å²) in [6, 6.07) is 26.7. The van der Waals surface area contributed by atoms with Crippen molar-refractivity contribution in [2.24, 2.45) is 0 Å². The number of amides is 2. The zero-order valence-electron chi connectivity index (χ0n) is 20.7. The molecule has 3 unspecified atom stereocenters. The molecule has 4 atom stereocenters. The average molecular weight is 643 g/mol. The number of nitrogens with one attached hydrogen (secondary N) is 1. The van der Waals surface area contributed by atoms with Crippen LogP contribution in [0.5, 0.6) is 5.75 Å². The van der Waals surface area contributed by atoms with E-state index in [1.807, 2.05) is 85.8 Å². The molecule has 2 heterocycles. The van der Waals surface area contributed by atoms with Gasteiger partial charge in [-0.15, -0.1) is 11.8 Å². The number of β-lactam (4-membered cyclic amide) rings is 1. The third kappa shape index (κ3) is 5.26. The van der Waals surface area contributed by atoms with E-state index in [0.29, 0.717) is 10.2 Å². The molecule has 5 rings (SSSR count). The van der Waals surface area contributed by atoms with Crippen LogP contribution in [0.25, 0.3) is 0 Å². The van der Waals surface area contributed by atoms with Gasteiger partial charge in [-0.3, -0.25) is 9.59 Å². The lowest BCUT2D eigenvalue weighted by molar-refractivity contribution is -0.166. The van der Waals surface area contributed by atoms with E-state index < -0.39 is 28.9 Å². The fourth-order valence-corrected chi connectivity index (χ4v) is 7.34. The van der Waals surface area contributed by atoms with Crippen molar-refractivity contribution in [1.29, 1.82) is 0 Å². The van der Waals surface area contributed by atoms with Crippen LogP contribution in [0, 0.1) is 0 Å². The number of benzene rings is 3. The van der Waals surface area contributed by atoms with E-state index in [9.17, 15) is 14.4 Å². The Kier molecular flexibility index (Phi) is 7.94. The normalized spacial score (nSPS) is 23.9. The van der Waals surface area contributed by atoms with Gasteiger partial charge in [0.05, 0.1) is 4.75 Å². The summed E-state index contributed by atoms with van der Waals surface area (Å²) in [4.78, 5) is 41.1. The summed E-state index contributed by atoms with van der Waals surface area (Å²) in [6.07, 6.45) is -0.602. The van der Waals surface area contributed by atoms with Gasteiger partial charge in [0.1, 0.15) is 23.2 Å². The molecule has 0 saturated carbocycles. The molecular weight excluding hydrogens is 615 g/mol. The molecule has 0 spiro atoms. The molecule has 2 aliphatic heterocycles. The monoisotopic (exact) mass is 642 g/mol. The highest BCUT2D eigenvalue weighted by molar-refractivity contribution is 14.1. The number of hydrogen-bond acceptors (Lipinski definition) is 6. The SMILES string of the molecule is CC1(CI)S[C@H]2C(NC(=O)COc3ccccc3)C(=O)N2C1C(=O)OC(c1ccccc1)c1ccccc1. The molecule has 9 heteroatoms. The topological polar surface area (TPSA) is 84.9 Å². The molecule has 2 aliphatic rings. The Morgan fingerprint density at radius 3 is 2.08 bits per heavy atom. The van der Waals surface area contributed by atoms with Crippen LogP contribution in [-0.4, -0.2) is 55.9 Å². The van der Waals surface area contributed by atoms with Gasteiger partial charge in [0.15, 0.2) is 12.7 Å².